The number of thioether (sulfide) groups is 1. The second-order valence-corrected chi connectivity index (χ2v) is 10.6. The molecule has 0 aliphatic carbocycles. The van der Waals surface area contributed by atoms with Gasteiger partial charge in [0, 0.05) is 32.9 Å². The van der Waals surface area contributed by atoms with Crippen molar-refractivity contribution in [3.05, 3.63) is 47.1 Å². The topological polar surface area (TPSA) is 104 Å². The maximum Gasteiger partial charge on any atom is 0.245 e. The number of hydrogen-bond acceptors (Lipinski definition) is 9. The van der Waals surface area contributed by atoms with Gasteiger partial charge in [0.15, 0.2) is 22.9 Å². The van der Waals surface area contributed by atoms with Gasteiger partial charge in [-0.3, -0.25) is 4.68 Å². The molecule has 1 aliphatic rings. The molecule has 0 saturated heterocycles. The molecule has 0 atom stereocenters. The van der Waals surface area contributed by atoms with Crippen molar-refractivity contribution >= 4 is 22.9 Å². The van der Waals surface area contributed by atoms with Gasteiger partial charge < -0.3 is 18.3 Å². The van der Waals surface area contributed by atoms with Crippen LogP contribution < -0.4 is 0 Å². The van der Waals surface area contributed by atoms with Crippen molar-refractivity contribution in [2.24, 2.45) is 14.1 Å². The van der Waals surface area contributed by atoms with Crippen LogP contribution >= 0.6 is 11.8 Å². The third kappa shape index (κ3) is 4.69. The van der Waals surface area contributed by atoms with Gasteiger partial charge in [0.1, 0.15) is 11.2 Å². The van der Waals surface area contributed by atoms with E-state index in [1.54, 1.807) is 11.8 Å². The Hall–Kier alpha value is -3.44. The molecule has 1 aliphatic heterocycles. The number of benzene rings is 1. The molecule has 0 N–H and O–H groups in total. The third-order valence-corrected chi connectivity index (χ3v) is 8.07. The first kappa shape index (κ1) is 23.9. The van der Waals surface area contributed by atoms with E-state index in [-0.39, 0.29) is 0 Å². The van der Waals surface area contributed by atoms with Gasteiger partial charge in [0.2, 0.25) is 11.7 Å². The molecule has 1 aromatic carbocycles. The van der Waals surface area contributed by atoms with Gasteiger partial charge in [0.25, 0.3) is 0 Å². The van der Waals surface area contributed by atoms with E-state index in [1.165, 1.54) is 17.5 Å². The van der Waals surface area contributed by atoms with Crippen LogP contribution in [-0.4, -0.2) is 64.8 Å². The lowest BCUT2D eigenvalue weighted by Gasteiger charge is -2.19. The predicted molar refractivity (Wildman–Crippen MR) is 141 cm³/mol. The largest absolute Gasteiger partial charge is 0.440 e. The fourth-order valence-corrected chi connectivity index (χ4v) is 5.78. The van der Waals surface area contributed by atoms with E-state index in [0.717, 1.165) is 78.0 Å². The van der Waals surface area contributed by atoms with E-state index < -0.39 is 0 Å². The molecule has 11 heteroatoms. The third-order valence-electron chi connectivity index (χ3n) is 6.96. The quantitative estimate of drug-likeness (QED) is 0.231. The lowest BCUT2D eigenvalue weighted by Crippen LogP contribution is -2.27. The molecule has 0 spiro atoms. The Kier molecular flexibility index (Phi) is 6.33. The van der Waals surface area contributed by atoms with Crippen LogP contribution in [0.2, 0.25) is 0 Å². The second kappa shape index (κ2) is 9.79. The number of aryl methyl sites for hydroxylation is 3. The Morgan fingerprint density at radius 2 is 1.84 bits per heavy atom. The van der Waals surface area contributed by atoms with Gasteiger partial charge in [-0.25, -0.2) is 9.97 Å². The number of fused-ring (bicyclic) bond motifs is 2. The Morgan fingerprint density at radius 3 is 2.57 bits per heavy atom. The molecule has 5 heterocycles. The zero-order valence-corrected chi connectivity index (χ0v) is 22.4. The molecular weight excluding hydrogens is 488 g/mol. The minimum Gasteiger partial charge on any atom is -0.440 e. The summed E-state index contributed by atoms with van der Waals surface area (Å²) >= 11 is 1.73. The highest BCUT2D eigenvalue weighted by Gasteiger charge is 2.20. The summed E-state index contributed by atoms with van der Waals surface area (Å²) < 4.78 is 15.4. The Morgan fingerprint density at radius 1 is 1.03 bits per heavy atom. The summed E-state index contributed by atoms with van der Waals surface area (Å²) in [4.78, 5) is 11.5. The fraction of sp³-hybridized carbons (Fsp3) is 0.423. The molecule has 4 aromatic heterocycles. The van der Waals surface area contributed by atoms with Crippen molar-refractivity contribution < 1.29 is 8.83 Å². The molecule has 0 amide bonds. The molecule has 0 fully saturated rings. The van der Waals surface area contributed by atoms with Gasteiger partial charge in [-0.05, 0) is 69.0 Å². The van der Waals surface area contributed by atoms with E-state index in [2.05, 4.69) is 37.3 Å². The summed E-state index contributed by atoms with van der Waals surface area (Å²) in [5.74, 6) is 3.00. The van der Waals surface area contributed by atoms with Crippen molar-refractivity contribution in [2.45, 2.75) is 38.3 Å². The summed E-state index contributed by atoms with van der Waals surface area (Å²) in [5.41, 5.74) is 7.18. The van der Waals surface area contributed by atoms with Crippen LogP contribution in [-0.2, 0) is 26.9 Å². The molecule has 0 radical (unpaired) electrons. The SMILES string of the molecule is Cc1cc(-c2nc3cc4c(cc3o2)CCN(CCCSc2nnc(-c3ocnc3C)n2C)CC4)n(C)n1. The van der Waals surface area contributed by atoms with Crippen molar-refractivity contribution in [3.63, 3.8) is 0 Å². The van der Waals surface area contributed by atoms with Gasteiger partial charge in [-0.1, -0.05) is 11.8 Å². The first-order valence-electron chi connectivity index (χ1n) is 12.5. The lowest BCUT2D eigenvalue weighted by molar-refractivity contribution is 0.289. The van der Waals surface area contributed by atoms with Gasteiger partial charge >= 0.3 is 0 Å². The maximum absolute atomic E-state index is 6.13. The molecule has 6 rings (SSSR count). The predicted octanol–water partition coefficient (Wildman–Crippen LogP) is 4.21. The highest BCUT2D eigenvalue weighted by Crippen LogP contribution is 2.29. The highest BCUT2D eigenvalue weighted by atomic mass is 32.2. The molecular formula is C26H30N8O2S. The smallest absolute Gasteiger partial charge is 0.245 e. The first-order valence-corrected chi connectivity index (χ1v) is 13.5. The van der Waals surface area contributed by atoms with Crippen LogP contribution in [0.4, 0.5) is 0 Å². The maximum atomic E-state index is 6.13. The fourth-order valence-electron chi connectivity index (χ4n) is 4.94. The molecule has 192 valence electrons. The lowest BCUT2D eigenvalue weighted by atomic mass is 10.0. The van der Waals surface area contributed by atoms with Crippen molar-refractivity contribution in [1.29, 1.82) is 0 Å². The van der Waals surface area contributed by atoms with E-state index in [4.69, 9.17) is 13.8 Å². The van der Waals surface area contributed by atoms with Gasteiger partial charge in [0.05, 0.1) is 11.4 Å². The monoisotopic (exact) mass is 518 g/mol. The van der Waals surface area contributed by atoms with Crippen LogP contribution in [0.1, 0.15) is 28.9 Å². The average Bonchev–Trinajstić information content (AvgIpc) is 3.62. The van der Waals surface area contributed by atoms with Crippen LogP contribution in [0.15, 0.2) is 38.6 Å². The molecule has 0 unspecified atom stereocenters. The van der Waals surface area contributed by atoms with Crippen LogP contribution in [0, 0.1) is 13.8 Å². The van der Waals surface area contributed by atoms with E-state index in [9.17, 15) is 0 Å². The number of hydrogen-bond donors (Lipinski definition) is 0. The van der Waals surface area contributed by atoms with Gasteiger partial charge in [-0.15, -0.1) is 10.2 Å². The average molecular weight is 519 g/mol. The van der Waals surface area contributed by atoms with Crippen molar-refractivity contribution in [1.82, 2.24) is 39.4 Å². The van der Waals surface area contributed by atoms with Gasteiger partial charge in [-0.2, -0.15) is 5.10 Å². The Labute approximate surface area is 219 Å². The van der Waals surface area contributed by atoms with Crippen molar-refractivity contribution in [2.75, 3.05) is 25.4 Å². The van der Waals surface area contributed by atoms with E-state index in [1.807, 2.05) is 43.3 Å². The molecule has 10 nitrogen and oxygen atoms in total. The summed E-state index contributed by atoms with van der Waals surface area (Å²) in [6.45, 7) is 7.04. The zero-order chi connectivity index (χ0) is 25.5. The standard InChI is InChI=1S/C26H30N8O2S/c1-16-12-21(33(4)31-16)25-28-20-13-18-6-9-34(10-7-19(18)14-22(20)36-25)8-5-11-37-26-30-29-24(32(26)3)23-17(2)27-15-35-23/h12-15H,5-11H2,1-4H3. The van der Waals surface area contributed by atoms with E-state index in [0.29, 0.717) is 17.5 Å². The van der Waals surface area contributed by atoms with Crippen LogP contribution in [0.3, 0.4) is 0 Å². The minimum atomic E-state index is 0.628. The Bertz CT molecular complexity index is 1520. The molecule has 0 bridgehead atoms. The number of oxazole rings is 2. The molecule has 5 aromatic rings. The van der Waals surface area contributed by atoms with Crippen molar-refractivity contribution in [3.8, 4) is 23.2 Å². The summed E-state index contributed by atoms with van der Waals surface area (Å²) in [6.07, 6.45) is 4.57. The van der Waals surface area contributed by atoms with Crippen LogP contribution in [0.25, 0.3) is 34.3 Å². The number of rotatable bonds is 7. The zero-order valence-electron chi connectivity index (χ0n) is 21.6. The van der Waals surface area contributed by atoms with E-state index >= 15 is 0 Å². The molecule has 37 heavy (non-hydrogen) atoms. The van der Waals surface area contributed by atoms with Crippen LogP contribution in [0.5, 0.6) is 0 Å². The molecule has 0 saturated carbocycles. The number of nitrogens with zero attached hydrogens (tertiary/aromatic N) is 8. The summed E-state index contributed by atoms with van der Waals surface area (Å²) in [7, 11) is 3.89. The highest BCUT2D eigenvalue weighted by molar-refractivity contribution is 7.99. The minimum absolute atomic E-state index is 0.628. The second-order valence-electron chi connectivity index (χ2n) is 9.58. The first-order chi connectivity index (χ1) is 18.0. The normalized spacial score (nSPS) is 14.4. The summed E-state index contributed by atoms with van der Waals surface area (Å²) in [6, 6.07) is 6.40. The Balaban J connectivity index is 1.05. The summed E-state index contributed by atoms with van der Waals surface area (Å²) in [5, 5.41) is 14.0. The number of aromatic nitrogens is 7.